The van der Waals surface area contributed by atoms with E-state index in [1.807, 2.05) is 17.0 Å². The molecule has 3 heterocycles. The number of hydrogen-bond acceptors (Lipinski definition) is 4. The Balaban J connectivity index is 1.53. The summed E-state index contributed by atoms with van der Waals surface area (Å²) in [5, 5.41) is 12.3. The molecule has 2 saturated heterocycles. The fourth-order valence-electron chi connectivity index (χ4n) is 3.56. The zero-order chi connectivity index (χ0) is 16.1. The highest BCUT2D eigenvalue weighted by Crippen LogP contribution is 2.25. The minimum Gasteiger partial charge on any atom is -0.468 e. The molecule has 0 bridgehead atoms. The van der Waals surface area contributed by atoms with Crippen LogP contribution in [0.3, 0.4) is 0 Å². The lowest BCUT2D eigenvalue weighted by Gasteiger charge is -2.32. The van der Waals surface area contributed by atoms with Gasteiger partial charge in [-0.2, -0.15) is 0 Å². The Morgan fingerprint density at radius 3 is 2.65 bits per heavy atom. The van der Waals surface area contributed by atoms with Crippen molar-refractivity contribution in [1.82, 2.24) is 15.1 Å². The van der Waals surface area contributed by atoms with E-state index in [0.29, 0.717) is 12.5 Å². The monoisotopic (exact) mass is 321 g/mol. The quantitative estimate of drug-likeness (QED) is 0.868. The Morgan fingerprint density at radius 2 is 2.04 bits per heavy atom. The van der Waals surface area contributed by atoms with Crippen molar-refractivity contribution >= 4 is 6.03 Å². The molecule has 3 rings (SSSR count). The summed E-state index contributed by atoms with van der Waals surface area (Å²) in [6.45, 7) is 4.38. The molecule has 0 unspecified atom stereocenters. The zero-order valence-electron chi connectivity index (χ0n) is 13.6. The molecule has 0 radical (unpaired) electrons. The number of rotatable bonds is 5. The molecule has 1 aromatic rings. The number of likely N-dealkylation sites (tertiary alicyclic amines) is 2. The van der Waals surface area contributed by atoms with Gasteiger partial charge < -0.3 is 19.7 Å². The van der Waals surface area contributed by atoms with Crippen LogP contribution in [0.15, 0.2) is 22.8 Å². The summed E-state index contributed by atoms with van der Waals surface area (Å²) >= 11 is 0. The van der Waals surface area contributed by atoms with Crippen molar-refractivity contribution in [2.24, 2.45) is 5.92 Å². The van der Waals surface area contributed by atoms with Crippen molar-refractivity contribution in [3.05, 3.63) is 24.2 Å². The van der Waals surface area contributed by atoms with Gasteiger partial charge >= 0.3 is 6.03 Å². The Hall–Kier alpha value is -1.53. The largest absolute Gasteiger partial charge is 0.468 e. The van der Waals surface area contributed by atoms with Gasteiger partial charge in [-0.15, -0.1) is 0 Å². The average Bonchev–Trinajstić information content (AvgIpc) is 3.29. The van der Waals surface area contributed by atoms with Crippen LogP contribution < -0.4 is 5.32 Å². The smallest absolute Gasteiger partial charge is 0.317 e. The zero-order valence-corrected chi connectivity index (χ0v) is 13.6. The maximum atomic E-state index is 12.4. The summed E-state index contributed by atoms with van der Waals surface area (Å²) in [4.78, 5) is 16.6. The number of piperidine rings is 1. The molecule has 0 saturated carbocycles. The lowest BCUT2D eigenvalue weighted by atomic mass is 9.98. The molecular weight excluding hydrogens is 294 g/mol. The molecule has 23 heavy (non-hydrogen) atoms. The van der Waals surface area contributed by atoms with E-state index in [2.05, 4.69) is 10.2 Å². The van der Waals surface area contributed by atoms with E-state index in [4.69, 9.17) is 4.42 Å². The molecule has 1 aromatic heterocycles. The van der Waals surface area contributed by atoms with Gasteiger partial charge in [-0.3, -0.25) is 4.90 Å². The number of carbonyl (C=O) groups excluding carboxylic acids is 1. The fourth-order valence-corrected chi connectivity index (χ4v) is 3.56. The van der Waals surface area contributed by atoms with Crippen LogP contribution in [-0.2, 0) is 0 Å². The number of aliphatic hydroxyl groups excluding tert-OH is 1. The first-order chi connectivity index (χ1) is 11.3. The van der Waals surface area contributed by atoms with Gasteiger partial charge in [-0.05, 0) is 56.8 Å². The van der Waals surface area contributed by atoms with E-state index in [0.717, 1.165) is 44.8 Å². The molecule has 2 aliphatic heterocycles. The van der Waals surface area contributed by atoms with Gasteiger partial charge in [0.1, 0.15) is 5.76 Å². The number of urea groups is 1. The summed E-state index contributed by atoms with van der Waals surface area (Å²) < 4.78 is 5.58. The number of amides is 2. The Labute approximate surface area is 137 Å². The van der Waals surface area contributed by atoms with Crippen LogP contribution >= 0.6 is 0 Å². The molecule has 6 nitrogen and oxygen atoms in total. The standard InChI is InChI=1S/C17H27N3O3/c21-13-14-5-9-20(10-6-14)17(22)18-12-15(16-4-3-11-23-16)19-7-1-2-8-19/h3-4,11,14-15,21H,1-2,5-10,12-13H2,(H,18,22)/t15-/m0/s1. The second-order valence-corrected chi connectivity index (χ2v) is 6.57. The highest BCUT2D eigenvalue weighted by atomic mass is 16.3. The van der Waals surface area contributed by atoms with Gasteiger partial charge in [0.05, 0.1) is 12.3 Å². The number of carbonyl (C=O) groups is 1. The second-order valence-electron chi connectivity index (χ2n) is 6.57. The van der Waals surface area contributed by atoms with Crippen molar-refractivity contribution < 1.29 is 14.3 Å². The fraction of sp³-hybridized carbons (Fsp3) is 0.706. The van der Waals surface area contributed by atoms with E-state index in [-0.39, 0.29) is 18.7 Å². The van der Waals surface area contributed by atoms with Crippen LogP contribution in [0.25, 0.3) is 0 Å². The Morgan fingerprint density at radius 1 is 1.30 bits per heavy atom. The third-order valence-electron chi connectivity index (χ3n) is 5.06. The van der Waals surface area contributed by atoms with Gasteiger partial charge in [0.15, 0.2) is 0 Å². The van der Waals surface area contributed by atoms with Gasteiger partial charge in [0.25, 0.3) is 0 Å². The molecule has 1 atom stereocenters. The normalized spacial score (nSPS) is 21.5. The third kappa shape index (κ3) is 4.06. The Kier molecular flexibility index (Phi) is 5.56. The molecule has 2 fully saturated rings. The average molecular weight is 321 g/mol. The number of aliphatic hydroxyl groups is 1. The van der Waals surface area contributed by atoms with E-state index < -0.39 is 0 Å². The minimum absolute atomic E-state index is 0.00265. The van der Waals surface area contributed by atoms with Crippen LogP contribution in [-0.4, -0.2) is 60.3 Å². The van der Waals surface area contributed by atoms with E-state index in [1.54, 1.807) is 6.26 Å². The van der Waals surface area contributed by atoms with Crippen molar-refractivity contribution in [3.63, 3.8) is 0 Å². The molecule has 128 valence electrons. The first-order valence-electron chi connectivity index (χ1n) is 8.69. The summed E-state index contributed by atoms with van der Waals surface area (Å²) in [7, 11) is 0. The SMILES string of the molecule is O=C(NC[C@@H](c1ccco1)N1CCCC1)N1CCC(CO)CC1. The van der Waals surface area contributed by atoms with Crippen LogP contribution in [0.5, 0.6) is 0 Å². The lowest BCUT2D eigenvalue weighted by Crippen LogP contribution is -2.47. The number of nitrogens with one attached hydrogen (secondary N) is 1. The van der Waals surface area contributed by atoms with Crippen molar-refractivity contribution in [1.29, 1.82) is 0 Å². The van der Waals surface area contributed by atoms with Crippen LogP contribution in [0.1, 0.15) is 37.5 Å². The third-order valence-corrected chi connectivity index (χ3v) is 5.06. The molecular formula is C17H27N3O3. The van der Waals surface area contributed by atoms with Crippen LogP contribution in [0, 0.1) is 5.92 Å². The molecule has 0 aromatic carbocycles. The summed E-state index contributed by atoms with van der Waals surface area (Å²) in [6.07, 6.45) is 5.88. The summed E-state index contributed by atoms with van der Waals surface area (Å²) in [6, 6.07) is 4.01. The number of hydrogen-bond donors (Lipinski definition) is 2. The first-order valence-corrected chi connectivity index (χ1v) is 8.69. The van der Waals surface area contributed by atoms with E-state index in [9.17, 15) is 9.90 Å². The second kappa shape index (κ2) is 7.84. The highest BCUT2D eigenvalue weighted by Gasteiger charge is 2.27. The van der Waals surface area contributed by atoms with Gasteiger partial charge in [0.2, 0.25) is 0 Å². The molecule has 0 spiro atoms. The lowest BCUT2D eigenvalue weighted by molar-refractivity contribution is 0.134. The van der Waals surface area contributed by atoms with E-state index in [1.165, 1.54) is 12.8 Å². The van der Waals surface area contributed by atoms with Crippen LogP contribution in [0.2, 0.25) is 0 Å². The predicted octanol–water partition coefficient (Wildman–Crippen LogP) is 1.83. The van der Waals surface area contributed by atoms with Crippen LogP contribution in [0.4, 0.5) is 4.79 Å². The maximum absolute atomic E-state index is 12.4. The van der Waals surface area contributed by atoms with Crippen molar-refractivity contribution in [2.45, 2.75) is 31.7 Å². The Bertz CT molecular complexity index is 477. The maximum Gasteiger partial charge on any atom is 0.317 e. The van der Waals surface area contributed by atoms with Crippen molar-refractivity contribution in [2.75, 3.05) is 39.3 Å². The molecule has 2 aliphatic rings. The van der Waals surface area contributed by atoms with E-state index >= 15 is 0 Å². The predicted molar refractivity (Wildman–Crippen MR) is 87.0 cm³/mol. The molecule has 6 heteroatoms. The first kappa shape index (κ1) is 16.3. The number of furan rings is 1. The van der Waals surface area contributed by atoms with Gasteiger partial charge in [-0.25, -0.2) is 4.79 Å². The highest BCUT2D eigenvalue weighted by molar-refractivity contribution is 5.74. The molecule has 2 amide bonds. The van der Waals surface area contributed by atoms with Gasteiger partial charge in [0, 0.05) is 26.2 Å². The topological polar surface area (TPSA) is 69.0 Å². The summed E-state index contributed by atoms with van der Waals surface area (Å²) in [5.74, 6) is 1.27. The number of nitrogens with zero attached hydrogens (tertiary/aromatic N) is 2. The van der Waals surface area contributed by atoms with Gasteiger partial charge in [-0.1, -0.05) is 0 Å². The molecule has 0 aliphatic carbocycles. The summed E-state index contributed by atoms with van der Waals surface area (Å²) in [5.41, 5.74) is 0. The minimum atomic E-state index is -0.00265. The molecule has 2 N–H and O–H groups in total. The van der Waals surface area contributed by atoms with Crippen molar-refractivity contribution in [3.8, 4) is 0 Å².